The SMILES string of the molecule is CCOC(=O)C(C)(O)CC(Nc1ccc(C)cc1)c1ccccc1. The Morgan fingerprint density at radius 3 is 2.38 bits per heavy atom. The second kappa shape index (κ2) is 7.97. The Balaban J connectivity index is 2.23. The maximum atomic E-state index is 12.0. The Labute approximate surface area is 143 Å². The molecule has 0 aliphatic heterocycles. The first-order valence-electron chi connectivity index (χ1n) is 8.20. The van der Waals surface area contributed by atoms with Gasteiger partial charge in [0, 0.05) is 12.1 Å². The summed E-state index contributed by atoms with van der Waals surface area (Å²) in [5, 5.41) is 14.0. The van der Waals surface area contributed by atoms with Crippen LogP contribution < -0.4 is 5.32 Å². The summed E-state index contributed by atoms with van der Waals surface area (Å²) in [4.78, 5) is 12.0. The Hall–Kier alpha value is -2.33. The number of carbonyl (C=O) groups excluding carboxylic acids is 1. The van der Waals surface area contributed by atoms with E-state index in [0.717, 1.165) is 11.3 Å². The van der Waals surface area contributed by atoms with Gasteiger partial charge in [0.05, 0.1) is 12.6 Å². The van der Waals surface area contributed by atoms with E-state index in [2.05, 4.69) is 5.32 Å². The zero-order chi connectivity index (χ0) is 17.6. The van der Waals surface area contributed by atoms with Crippen molar-refractivity contribution in [1.29, 1.82) is 0 Å². The monoisotopic (exact) mass is 327 g/mol. The number of nitrogens with one attached hydrogen (secondary N) is 1. The molecule has 2 N–H and O–H groups in total. The molecule has 0 aromatic heterocycles. The molecular weight excluding hydrogens is 302 g/mol. The molecule has 2 rings (SSSR count). The van der Waals surface area contributed by atoms with Crippen LogP contribution in [0.1, 0.15) is 37.4 Å². The average molecular weight is 327 g/mol. The number of hydrogen-bond donors (Lipinski definition) is 2. The van der Waals surface area contributed by atoms with Gasteiger partial charge in [-0.15, -0.1) is 0 Å². The maximum Gasteiger partial charge on any atom is 0.337 e. The number of esters is 1. The third kappa shape index (κ3) is 4.83. The standard InChI is InChI=1S/C20H25NO3/c1-4-24-19(22)20(3,23)14-18(16-8-6-5-7-9-16)21-17-12-10-15(2)11-13-17/h5-13,18,21,23H,4,14H2,1-3H3. The maximum absolute atomic E-state index is 12.0. The predicted octanol–water partition coefficient (Wildman–Crippen LogP) is 3.85. The molecule has 0 saturated carbocycles. The quantitative estimate of drug-likeness (QED) is 0.758. The van der Waals surface area contributed by atoms with Crippen molar-refractivity contribution in [3.05, 3.63) is 65.7 Å². The van der Waals surface area contributed by atoms with Crippen LogP contribution in [0.25, 0.3) is 0 Å². The molecule has 2 aromatic rings. The van der Waals surface area contributed by atoms with E-state index in [0.29, 0.717) is 0 Å². The predicted molar refractivity (Wildman–Crippen MR) is 95.9 cm³/mol. The zero-order valence-corrected chi connectivity index (χ0v) is 14.5. The van der Waals surface area contributed by atoms with Crippen LogP contribution in [0.3, 0.4) is 0 Å². The highest BCUT2D eigenvalue weighted by Gasteiger charge is 2.35. The lowest BCUT2D eigenvalue weighted by Gasteiger charge is -2.28. The van der Waals surface area contributed by atoms with Gasteiger partial charge in [-0.2, -0.15) is 0 Å². The minimum atomic E-state index is -1.56. The fraction of sp³-hybridized carbons (Fsp3) is 0.350. The Morgan fingerprint density at radius 1 is 1.17 bits per heavy atom. The molecule has 4 heteroatoms. The molecule has 2 atom stereocenters. The summed E-state index contributed by atoms with van der Waals surface area (Å²) in [6, 6.07) is 17.6. The largest absolute Gasteiger partial charge is 0.464 e. The summed E-state index contributed by atoms with van der Waals surface area (Å²) in [5.41, 5.74) is 1.56. The molecule has 0 fully saturated rings. The summed E-state index contributed by atoms with van der Waals surface area (Å²) < 4.78 is 4.99. The summed E-state index contributed by atoms with van der Waals surface area (Å²) in [6.45, 7) is 5.51. The van der Waals surface area contributed by atoms with Gasteiger partial charge in [0.25, 0.3) is 0 Å². The van der Waals surface area contributed by atoms with E-state index in [4.69, 9.17) is 4.74 Å². The van der Waals surface area contributed by atoms with Gasteiger partial charge in [-0.1, -0.05) is 48.0 Å². The van der Waals surface area contributed by atoms with E-state index in [1.54, 1.807) is 6.92 Å². The van der Waals surface area contributed by atoms with Gasteiger partial charge in [0.1, 0.15) is 0 Å². The average Bonchev–Trinajstić information content (AvgIpc) is 2.57. The van der Waals surface area contributed by atoms with Crippen molar-refractivity contribution in [2.24, 2.45) is 0 Å². The number of anilines is 1. The van der Waals surface area contributed by atoms with E-state index in [1.165, 1.54) is 12.5 Å². The highest BCUT2D eigenvalue weighted by atomic mass is 16.5. The fourth-order valence-corrected chi connectivity index (χ4v) is 2.56. The van der Waals surface area contributed by atoms with Gasteiger partial charge in [-0.05, 0) is 38.5 Å². The molecule has 0 spiro atoms. The van der Waals surface area contributed by atoms with Crippen molar-refractivity contribution in [3.63, 3.8) is 0 Å². The van der Waals surface area contributed by atoms with E-state index in [-0.39, 0.29) is 19.1 Å². The first-order chi connectivity index (χ1) is 11.4. The van der Waals surface area contributed by atoms with Crippen molar-refractivity contribution in [1.82, 2.24) is 0 Å². The Morgan fingerprint density at radius 2 is 1.79 bits per heavy atom. The highest BCUT2D eigenvalue weighted by molar-refractivity contribution is 5.78. The number of carbonyl (C=O) groups is 1. The molecule has 0 heterocycles. The van der Waals surface area contributed by atoms with Gasteiger partial charge in [-0.25, -0.2) is 4.79 Å². The van der Waals surface area contributed by atoms with Crippen molar-refractivity contribution in [2.75, 3.05) is 11.9 Å². The number of aliphatic hydroxyl groups is 1. The Kier molecular flexibility index (Phi) is 5.99. The summed E-state index contributed by atoms with van der Waals surface area (Å²) >= 11 is 0. The van der Waals surface area contributed by atoms with Crippen LogP contribution in [0.5, 0.6) is 0 Å². The number of hydrogen-bond acceptors (Lipinski definition) is 4. The van der Waals surface area contributed by atoms with Gasteiger partial charge in [-0.3, -0.25) is 0 Å². The van der Waals surface area contributed by atoms with Crippen LogP contribution in [0.4, 0.5) is 5.69 Å². The molecular formula is C20H25NO3. The van der Waals surface area contributed by atoms with E-state index in [9.17, 15) is 9.90 Å². The first-order valence-corrected chi connectivity index (χ1v) is 8.20. The third-order valence-electron chi connectivity index (χ3n) is 3.91. The van der Waals surface area contributed by atoms with Crippen LogP contribution in [0.2, 0.25) is 0 Å². The van der Waals surface area contributed by atoms with Gasteiger partial charge < -0.3 is 15.2 Å². The van der Waals surface area contributed by atoms with Crippen LogP contribution in [-0.4, -0.2) is 23.3 Å². The summed E-state index contributed by atoms with van der Waals surface area (Å²) in [5.74, 6) is -0.600. The second-order valence-electron chi connectivity index (χ2n) is 6.17. The fourth-order valence-electron chi connectivity index (χ4n) is 2.56. The third-order valence-corrected chi connectivity index (χ3v) is 3.91. The van der Waals surface area contributed by atoms with Gasteiger partial charge >= 0.3 is 5.97 Å². The van der Waals surface area contributed by atoms with Crippen LogP contribution in [0.15, 0.2) is 54.6 Å². The number of ether oxygens (including phenoxy) is 1. The van der Waals surface area contributed by atoms with Gasteiger partial charge in [0.2, 0.25) is 0 Å². The molecule has 2 unspecified atom stereocenters. The minimum absolute atomic E-state index is 0.212. The summed E-state index contributed by atoms with van der Waals surface area (Å²) in [7, 11) is 0. The molecule has 24 heavy (non-hydrogen) atoms. The molecule has 0 bridgehead atoms. The Bertz CT molecular complexity index is 650. The molecule has 4 nitrogen and oxygen atoms in total. The highest BCUT2D eigenvalue weighted by Crippen LogP contribution is 2.29. The van der Waals surface area contributed by atoms with E-state index in [1.807, 2.05) is 61.5 Å². The minimum Gasteiger partial charge on any atom is -0.464 e. The normalized spacial score (nSPS) is 14.5. The molecule has 0 radical (unpaired) electrons. The molecule has 2 aromatic carbocycles. The molecule has 0 aliphatic rings. The lowest BCUT2D eigenvalue weighted by Crippen LogP contribution is -2.39. The molecule has 128 valence electrons. The van der Waals surface area contributed by atoms with E-state index >= 15 is 0 Å². The van der Waals surface area contributed by atoms with Crippen molar-refractivity contribution >= 4 is 11.7 Å². The smallest absolute Gasteiger partial charge is 0.337 e. The first kappa shape index (κ1) is 18.0. The van der Waals surface area contributed by atoms with Crippen LogP contribution in [-0.2, 0) is 9.53 Å². The van der Waals surface area contributed by atoms with Gasteiger partial charge in [0.15, 0.2) is 5.60 Å². The topological polar surface area (TPSA) is 58.6 Å². The lowest BCUT2D eigenvalue weighted by atomic mass is 9.92. The van der Waals surface area contributed by atoms with Crippen molar-refractivity contribution in [3.8, 4) is 0 Å². The van der Waals surface area contributed by atoms with Crippen LogP contribution in [0, 0.1) is 6.92 Å². The van der Waals surface area contributed by atoms with Crippen molar-refractivity contribution in [2.45, 2.75) is 38.8 Å². The molecule has 0 aliphatic carbocycles. The number of rotatable bonds is 7. The number of benzene rings is 2. The second-order valence-corrected chi connectivity index (χ2v) is 6.17. The lowest BCUT2D eigenvalue weighted by molar-refractivity contribution is -0.164. The van der Waals surface area contributed by atoms with Crippen LogP contribution >= 0.6 is 0 Å². The zero-order valence-electron chi connectivity index (χ0n) is 14.5. The van der Waals surface area contributed by atoms with Crippen molar-refractivity contribution < 1.29 is 14.6 Å². The molecule has 0 amide bonds. The summed E-state index contributed by atoms with van der Waals surface area (Å²) in [6.07, 6.45) is 0.212. The number of aryl methyl sites for hydroxylation is 1. The molecule has 0 saturated heterocycles. The van der Waals surface area contributed by atoms with E-state index < -0.39 is 11.6 Å².